The zero-order valence-electron chi connectivity index (χ0n) is 14.4. The second kappa shape index (κ2) is 7.27. The highest BCUT2D eigenvalue weighted by Gasteiger charge is 2.24. The van der Waals surface area contributed by atoms with Crippen molar-refractivity contribution in [3.8, 4) is 5.69 Å². The lowest BCUT2D eigenvalue weighted by Gasteiger charge is -2.21. The Labute approximate surface area is 168 Å². The number of nitrogens with zero attached hydrogens (tertiary/aromatic N) is 3. The van der Waals surface area contributed by atoms with Crippen LogP contribution in [0.15, 0.2) is 34.2 Å². The molecule has 1 aliphatic rings. The lowest BCUT2D eigenvalue weighted by atomic mass is 10.1. The summed E-state index contributed by atoms with van der Waals surface area (Å²) < 4.78 is 1.50. The van der Waals surface area contributed by atoms with Gasteiger partial charge in [-0.05, 0) is 43.3 Å². The number of hydrogen-bond donors (Lipinski definition) is 1. The van der Waals surface area contributed by atoms with Crippen molar-refractivity contribution in [3.63, 3.8) is 0 Å². The molecule has 0 atom stereocenters. The fourth-order valence-corrected chi connectivity index (χ4v) is 5.39. The summed E-state index contributed by atoms with van der Waals surface area (Å²) in [7, 11) is 2.06. The molecule has 6 nitrogen and oxygen atoms in total. The van der Waals surface area contributed by atoms with Gasteiger partial charge in [-0.1, -0.05) is 23.4 Å². The number of rotatable bonds is 4. The van der Waals surface area contributed by atoms with E-state index < -0.39 is 5.97 Å². The van der Waals surface area contributed by atoms with Crippen LogP contribution < -0.4 is 5.56 Å². The maximum absolute atomic E-state index is 13.4. The molecule has 0 saturated heterocycles. The van der Waals surface area contributed by atoms with Crippen molar-refractivity contribution < 1.29 is 9.90 Å². The molecule has 0 saturated carbocycles. The molecule has 0 aliphatic carbocycles. The summed E-state index contributed by atoms with van der Waals surface area (Å²) in [4.78, 5) is 33.2. The van der Waals surface area contributed by atoms with Gasteiger partial charge in [0, 0.05) is 23.0 Å². The van der Waals surface area contributed by atoms with Gasteiger partial charge in [-0.3, -0.25) is 14.2 Å². The van der Waals surface area contributed by atoms with Crippen LogP contribution >= 0.6 is 34.7 Å². The molecule has 140 valence electrons. The molecule has 1 aliphatic heterocycles. The quantitative estimate of drug-likeness (QED) is 0.514. The number of carbonyl (C=O) groups is 1. The highest BCUT2D eigenvalue weighted by molar-refractivity contribution is 7.99. The molecule has 1 aromatic carbocycles. The van der Waals surface area contributed by atoms with E-state index in [0.29, 0.717) is 26.1 Å². The Kier molecular flexibility index (Phi) is 4.98. The summed E-state index contributed by atoms with van der Waals surface area (Å²) in [5.74, 6) is -1.12. The number of aromatic nitrogens is 2. The van der Waals surface area contributed by atoms with E-state index in [1.807, 2.05) is 0 Å². The molecule has 0 radical (unpaired) electrons. The van der Waals surface area contributed by atoms with Crippen molar-refractivity contribution in [2.24, 2.45) is 0 Å². The highest BCUT2D eigenvalue weighted by Crippen LogP contribution is 2.34. The van der Waals surface area contributed by atoms with Crippen LogP contribution in [0.2, 0.25) is 5.02 Å². The van der Waals surface area contributed by atoms with Gasteiger partial charge in [-0.2, -0.15) is 0 Å². The van der Waals surface area contributed by atoms with E-state index in [1.165, 1.54) is 15.9 Å². The van der Waals surface area contributed by atoms with Crippen LogP contribution in [0.1, 0.15) is 10.4 Å². The van der Waals surface area contributed by atoms with E-state index in [1.54, 1.807) is 24.3 Å². The number of aliphatic carboxylic acids is 1. The normalized spacial score (nSPS) is 14.4. The number of benzene rings is 1. The van der Waals surface area contributed by atoms with Crippen LogP contribution in [0.5, 0.6) is 0 Å². The lowest BCUT2D eigenvalue weighted by Crippen LogP contribution is -2.27. The lowest BCUT2D eigenvalue weighted by molar-refractivity contribution is -0.133. The number of likely N-dealkylation sites (N-methyl/N-ethyl adjacent to an activating group) is 1. The first kappa shape index (κ1) is 18.5. The number of thioether (sulfide) groups is 1. The Morgan fingerprint density at radius 2 is 2.11 bits per heavy atom. The number of hydrogen-bond acceptors (Lipinski definition) is 6. The van der Waals surface area contributed by atoms with Crippen LogP contribution in [0, 0.1) is 0 Å². The Morgan fingerprint density at radius 1 is 1.37 bits per heavy atom. The van der Waals surface area contributed by atoms with Crippen LogP contribution in [0.3, 0.4) is 0 Å². The molecule has 0 fully saturated rings. The summed E-state index contributed by atoms with van der Waals surface area (Å²) in [5, 5.41) is 10.7. The Bertz CT molecular complexity index is 1090. The number of thiophene rings is 1. The van der Waals surface area contributed by atoms with Crippen LogP contribution in [0.25, 0.3) is 15.9 Å². The predicted molar refractivity (Wildman–Crippen MR) is 109 cm³/mol. The molecule has 27 heavy (non-hydrogen) atoms. The molecule has 0 unspecified atom stereocenters. The molecule has 2 aromatic heterocycles. The minimum absolute atomic E-state index is 0.155. The van der Waals surface area contributed by atoms with Crippen molar-refractivity contribution in [3.05, 3.63) is 50.1 Å². The first-order valence-corrected chi connectivity index (χ1v) is 10.5. The van der Waals surface area contributed by atoms with E-state index in [9.17, 15) is 9.59 Å². The second-order valence-corrected chi connectivity index (χ2v) is 8.83. The molecule has 3 aromatic rings. The third-order valence-corrected chi connectivity index (χ3v) is 6.73. The topological polar surface area (TPSA) is 75.4 Å². The van der Waals surface area contributed by atoms with Gasteiger partial charge in [0.15, 0.2) is 5.16 Å². The van der Waals surface area contributed by atoms with E-state index in [2.05, 4.69) is 16.9 Å². The highest BCUT2D eigenvalue weighted by atomic mass is 35.5. The van der Waals surface area contributed by atoms with Gasteiger partial charge < -0.3 is 10.0 Å². The Morgan fingerprint density at radius 3 is 2.81 bits per heavy atom. The molecule has 4 rings (SSSR count). The van der Waals surface area contributed by atoms with Gasteiger partial charge in [0.2, 0.25) is 0 Å². The first-order chi connectivity index (χ1) is 12.9. The zero-order chi connectivity index (χ0) is 19.1. The van der Waals surface area contributed by atoms with E-state index in [4.69, 9.17) is 16.7 Å². The molecular weight excluding hydrogens is 406 g/mol. The largest absolute Gasteiger partial charge is 0.481 e. The fourth-order valence-electron chi connectivity index (χ4n) is 3.19. The SMILES string of the molecule is CN1CCc2c(sc3nc(SCC(=O)O)n(-c4ccc(Cl)cc4)c(=O)c23)C1. The number of fused-ring (bicyclic) bond motifs is 3. The van der Waals surface area contributed by atoms with Crippen LogP contribution in [-0.4, -0.2) is 44.9 Å². The Balaban J connectivity index is 1.96. The average Bonchev–Trinajstić information content (AvgIpc) is 2.98. The summed E-state index contributed by atoms with van der Waals surface area (Å²) in [5.41, 5.74) is 1.54. The van der Waals surface area contributed by atoms with Crippen molar-refractivity contribution in [2.45, 2.75) is 18.1 Å². The molecule has 9 heteroatoms. The number of halogens is 1. The summed E-state index contributed by atoms with van der Waals surface area (Å²) in [6.45, 7) is 1.70. The second-order valence-electron chi connectivity index (χ2n) is 6.37. The third kappa shape index (κ3) is 3.50. The minimum Gasteiger partial charge on any atom is -0.481 e. The van der Waals surface area contributed by atoms with Crippen molar-refractivity contribution in [1.29, 1.82) is 0 Å². The average molecular weight is 422 g/mol. The minimum atomic E-state index is -0.955. The van der Waals surface area contributed by atoms with E-state index >= 15 is 0 Å². The van der Waals surface area contributed by atoms with Crippen molar-refractivity contribution >= 4 is 50.9 Å². The van der Waals surface area contributed by atoms with Gasteiger partial charge in [-0.15, -0.1) is 11.3 Å². The van der Waals surface area contributed by atoms with Crippen LogP contribution in [-0.2, 0) is 17.8 Å². The molecule has 0 bridgehead atoms. The summed E-state index contributed by atoms with van der Waals surface area (Å²) in [6, 6.07) is 6.90. The Hall–Kier alpha value is -1.87. The van der Waals surface area contributed by atoms with Gasteiger partial charge >= 0.3 is 5.97 Å². The fraction of sp³-hybridized carbons (Fsp3) is 0.278. The molecule has 0 spiro atoms. The maximum Gasteiger partial charge on any atom is 0.313 e. The smallest absolute Gasteiger partial charge is 0.313 e. The van der Waals surface area contributed by atoms with Crippen molar-refractivity contribution in [2.75, 3.05) is 19.3 Å². The van der Waals surface area contributed by atoms with Crippen LogP contribution in [0.4, 0.5) is 0 Å². The molecule has 1 N–H and O–H groups in total. The zero-order valence-corrected chi connectivity index (χ0v) is 16.8. The standard InChI is InChI=1S/C18H16ClN3O3S2/c1-21-7-6-12-13(8-21)27-16-15(12)17(25)22(11-4-2-10(19)3-5-11)18(20-16)26-9-14(23)24/h2-5H,6-9H2,1H3,(H,23,24). The van der Waals surface area contributed by atoms with Gasteiger partial charge in [-0.25, -0.2) is 4.98 Å². The van der Waals surface area contributed by atoms with E-state index in [-0.39, 0.29) is 11.3 Å². The third-order valence-electron chi connectivity index (χ3n) is 4.44. The predicted octanol–water partition coefficient (Wildman–Crippen LogP) is 3.27. The van der Waals surface area contributed by atoms with Crippen molar-refractivity contribution in [1.82, 2.24) is 14.5 Å². The molecule has 3 heterocycles. The maximum atomic E-state index is 13.4. The first-order valence-electron chi connectivity index (χ1n) is 8.30. The number of carboxylic acids is 1. The van der Waals surface area contributed by atoms with E-state index in [0.717, 1.165) is 41.7 Å². The number of carboxylic acid groups (broad SMARTS) is 1. The monoisotopic (exact) mass is 421 g/mol. The van der Waals surface area contributed by atoms with Gasteiger partial charge in [0.1, 0.15) is 4.83 Å². The van der Waals surface area contributed by atoms with Gasteiger partial charge in [0.05, 0.1) is 16.8 Å². The summed E-state index contributed by atoms with van der Waals surface area (Å²) >= 11 is 8.55. The molecular formula is C18H16ClN3O3S2. The van der Waals surface area contributed by atoms with Gasteiger partial charge in [0.25, 0.3) is 5.56 Å². The summed E-state index contributed by atoms with van der Waals surface area (Å²) in [6.07, 6.45) is 0.811. The molecule has 0 amide bonds.